The average Bonchev–Trinajstić information content (AvgIpc) is 4.05. The molecule has 1 aliphatic rings. The second-order valence-electron chi connectivity index (χ2n) is 19.7. The lowest BCUT2D eigenvalue weighted by Crippen LogP contribution is -2.36. The van der Waals surface area contributed by atoms with E-state index in [1.54, 1.807) is 0 Å². The van der Waals surface area contributed by atoms with Gasteiger partial charge in [0.15, 0.2) is 17.5 Å². The van der Waals surface area contributed by atoms with Crippen LogP contribution in [-0.2, 0) is 10.8 Å². The molecular formula is C63H45N5O. The Kier molecular flexibility index (Phi) is 8.28. The van der Waals surface area contributed by atoms with Crippen molar-refractivity contribution >= 4 is 65.6 Å². The lowest BCUT2D eigenvalue weighted by atomic mass is 9.59. The summed E-state index contributed by atoms with van der Waals surface area (Å²) in [5.74, 6) is 1.92. The third-order valence-corrected chi connectivity index (χ3v) is 15.0. The number of para-hydroxylation sites is 3. The van der Waals surface area contributed by atoms with Gasteiger partial charge in [0.1, 0.15) is 11.2 Å². The summed E-state index contributed by atoms with van der Waals surface area (Å²) in [5.41, 5.74) is 16.3. The highest BCUT2D eigenvalue weighted by Gasteiger charge is 2.43. The van der Waals surface area contributed by atoms with Crippen molar-refractivity contribution in [3.63, 3.8) is 0 Å². The highest BCUT2D eigenvalue weighted by atomic mass is 16.3. The van der Waals surface area contributed by atoms with Gasteiger partial charge in [-0.25, -0.2) is 15.0 Å². The quantitative estimate of drug-likeness (QED) is 0.173. The van der Waals surface area contributed by atoms with Gasteiger partial charge < -0.3 is 13.6 Å². The predicted molar refractivity (Wildman–Crippen MR) is 283 cm³/mol. The topological polar surface area (TPSA) is 61.7 Å². The summed E-state index contributed by atoms with van der Waals surface area (Å²) in [5, 5.41) is 7.20. The van der Waals surface area contributed by atoms with Crippen LogP contribution in [0.15, 0.2) is 205 Å². The molecule has 0 amide bonds. The van der Waals surface area contributed by atoms with Crippen molar-refractivity contribution in [2.45, 2.75) is 38.5 Å². The molecule has 0 atom stereocenters. The van der Waals surface area contributed by atoms with Gasteiger partial charge in [0.05, 0.1) is 22.1 Å². The van der Waals surface area contributed by atoms with E-state index in [-0.39, 0.29) is 10.8 Å². The first kappa shape index (κ1) is 39.5. The minimum Gasteiger partial charge on any atom is -0.456 e. The zero-order valence-electron chi connectivity index (χ0n) is 38.7. The minimum absolute atomic E-state index is 0.316. The van der Waals surface area contributed by atoms with E-state index < -0.39 is 0 Å². The Bertz CT molecular complexity index is 4190. The maximum absolute atomic E-state index is 6.28. The molecule has 0 radical (unpaired) electrons. The molecule has 1 aliphatic carbocycles. The molecule has 0 saturated carbocycles. The van der Waals surface area contributed by atoms with E-state index in [4.69, 9.17) is 19.4 Å². The van der Waals surface area contributed by atoms with Crippen LogP contribution in [0.2, 0.25) is 0 Å². The monoisotopic (exact) mass is 887 g/mol. The van der Waals surface area contributed by atoms with E-state index in [1.807, 2.05) is 42.5 Å². The smallest absolute Gasteiger partial charge is 0.164 e. The van der Waals surface area contributed by atoms with Crippen LogP contribution in [0.4, 0.5) is 0 Å². The molecule has 0 saturated heterocycles. The number of hydrogen-bond donors (Lipinski definition) is 0. The van der Waals surface area contributed by atoms with Gasteiger partial charge in [-0.1, -0.05) is 155 Å². The van der Waals surface area contributed by atoms with Crippen LogP contribution in [0.1, 0.15) is 49.9 Å². The predicted octanol–water partition coefficient (Wildman–Crippen LogP) is 15.9. The highest BCUT2D eigenvalue weighted by molar-refractivity contribution is 6.12. The molecule has 6 nitrogen and oxygen atoms in total. The Morgan fingerprint density at radius 1 is 0.319 bits per heavy atom. The molecule has 0 unspecified atom stereocenters. The fourth-order valence-corrected chi connectivity index (χ4v) is 11.5. The summed E-state index contributed by atoms with van der Waals surface area (Å²) >= 11 is 0. The molecule has 0 N–H and O–H groups in total. The van der Waals surface area contributed by atoms with Crippen molar-refractivity contribution in [3.8, 4) is 45.5 Å². The van der Waals surface area contributed by atoms with Crippen LogP contribution >= 0.6 is 0 Å². The maximum Gasteiger partial charge on any atom is 0.164 e. The number of hydrogen-bond acceptors (Lipinski definition) is 4. The molecule has 6 heteroatoms. The number of nitrogens with zero attached hydrogens (tertiary/aromatic N) is 5. The Balaban J connectivity index is 0.954. The van der Waals surface area contributed by atoms with E-state index in [9.17, 15) is 0 Å². The molecule has 69 heavy (non-hydrogen) atoms. The van der Waals surface area contributed by atoms with Crippen LogP contribution in [0.3, 0.4) is 0 Å². The van der Waals surface area contributed by atoms with Gasteiger partial charge in [-0.3, -0.25) is 0 Å². The summed E-state index contributed by atoms with van der Waals surface area (Å²) in [6.07, 6.45) is 0. The van der Waals surface area contributed by atoms with Crippen molar-refractivity contribution in [2.24, 2.45) is 0 Å². The number of benzene rings is 9. The summed E-state index contributed by atoms with van der Waals surface area (Å²) < 4.78 is 11.2. The van der Waals surface area contributed by atoms with Crippen LogP contribution in [-0.4, -0.2) is 24.1 Å². The molecule has 0 aliphatic heterocycles. The van der Waals surface area contributed by atoms with Gasteiger partial charge in [-0.15, -0.1) is 0 Å². The van der Waals surface area contributed by atoms with E-state index >= 15 is 0 Å². The lowest BCUT2D eigenvalue weighted by molar-refractivity contribution is 0.523. The van der Waals surface area contributed by atoms with Gasteiger partial charge in [0.25, 0.3) is 0 Å². The third kappa shape index (κ3) is 5.82. The molecule has 0 spiro atoms. The standard InChI is InChI=1S/C63H45N5O/c1-62(2)50-35-47-44-25-12-15-28-54(44)68(42-30-31-58-48(33-42)45-26-13-16-29-57(45)69-58)56(47)37-52(50)63(3,4)49-34-46-43-24-11-14-27-53(43)67(55(46)36-51(49)62)41-23-17-22-40(32-41)61-65-59(38-18-7-5-8-19-38)64-60(66-61)39-20-9-6-10-21-39/h5-37H,1-4H3. The zero-order valence-corrected chi connectivity index (χ0v) is 38.7. The molecule has 4 aromatic heterocycles. The third-order valence-electron chi connectivity index (χ3n) is 15.0. The Labute approximate surface area is 398 Å². The molecule has 328 valence electrons. The molecule has 9 aromatic carbocycles. The number of aromatic nitrogens is 5. The zero-order chi connectivity index (χ0) is 46.2. The SMILES string of the molecule is CC1(C)c2cc3c4ccccc4n(-c4cccc(-c5nc(-c6ccccc6)nc(-c6ccccc6)n5)c4)c3cc2C(C)(C)c2cc3c4ccccc4n(-c4ccc5oc6ccccc6c5c4)c3cc21. The normalized spacial score (nSPS) is 14.0. The molecule has 4 heterocycles. The van der Waals surface area contributed by atoms with E-state index in [2.05, 4.69) is 195 Å². The summed E-state index contributed by atoms with van der Waals surface area (Å²) in [6.45, 7) is 9.66. The molecule has 0 bridgehead atoms. The summed E-state index contributed by atoms with van der Waals surface area (Å²) in [4.78, 5) is 15.2. The van der Waals surface area contributed by atoms with Crippen molar-refractivity contribution in [2.75, 3.05) is 0 Å². The summed E-state index contributed by atoms with van der Waals surface area (Å²) in [6, 6.07) is 71.6. The van der Waals surface area contributed by atoms with Gasteiger partial charge in [0, 0.05) is 71.2 Å². The van der Waals surface area contributed by atoms with Gasteiger partial charge >= 0.3 is 0 Å². The first-order valence-electron chi connectivity index (χ1n) is 23.8. The number of fused-ring (bicyclic) bond motifs is 11. The van der Waals surface area contributed by atoms with Gasteiger partial charge in [0.2, 0.25) is 0 Å². The van der Waals surface area contributed by atoms with Crippen molar-refractivity contribution in [1.29, 1.82) is 0 Å². The molecule has 14 rings (SSSR count). The largest absolute Gasteiger partial charge is 0.456 e. The Morgan fingerprint density at radius 3 is 1.32 bits per heavy atom. The van der Waals surface area contributed by atoms with Crippen LogP contribution in [0.5, 0.6) is 0 Å². The van der Waals surface area contributed by atoms with Gasteiger partial charge in [-0.05, 0) is 95.1 Å². The number of rotatable bonds is 5. The van der Waals surface area contributed by atoms with Crippen LogP contribution in [0.25, 0.3) is 111 Å². The highest BCUT2D eigenvalue weighted by Crippen LogP contribution is 2.53. The molecular weight excluding hydrogens is 843 g/mol. The van der Waals surface area contributed by atoms with Crippen LogP contribution in [0, 0.1) is 0 Å². The van der Waals surface area contributed by atoms with E-state index in [0.717, 1.165) is 55.5 Å². The fourth-order valence-electron chi connectivity index (χ4n) is 11.5. The van der Waals surface area contributed by atoms with E-state index in [1.165, 1.54) is 60.3 Å². The van der Waals surface area contributed by atoms with E-state index in [0.29, 0.717) is 17.5 Å². The molecule has 0 fully saturated rings. The second kappa shape index (κ2) is 14.4. The van der Waals surface area contributed by atoms with Crippen molar-refractivity contribution in [1.82, 2.24) is 24.1 Å². The number of furan rings is 1. The average molecular weight is 888 g/mol. The second-order valence-corrected chi connectivity index (χ2v) is 19.7. The van der Waals surface area contributed by atoms with Crippen molar-refractivity contribution < 1.29 is 4.42 Å². The Hall–Kier alpha value is -8.61. The lowest BCUT2D eigenvalue weighted by Gasteiger charge is -2.44. The van der Waals surface area contributed by atoms with Crippen molar-refractivity contribution in [3.05, 3.63) is 222 Å². The Morgan fingerprint density at radius 2 is 0.754 bits per heavy atom. The van der Waals surface area contributed by atoms with Gasteiger partial charge in [-0.2, -0.15) is 0 Å². The maximum atomic E-state index is 6.28. The first-order chi connectivity index (χ1) is 33.7. The first-order valence-corrected chi connectivity index (χ1v) is 23.8. The molecule has 13 aromatic rings. The van der Waals surface area contributed by atoms with Crippen LogP contribution < -0.4 is 0 Å². The minimum atomic E-state index is -0.323. The fraction of sp³-hybridized carbons (Fsp3) is 0.0952. The summed E-state index contributed by atoms with van der Waals surface area (Å²) in [7, 11) is 0.